The van der Waals surface area contributed by atoms with Gasteiger partial charge in [-0.05, 0) is 60.4 Å². The maximum Gasteiger partial charge on any atom is 0.144 e. The van der Waals surface area contributed by atoms with E-state index < -0.39 is 0 Å². The first-order valence-corrected chi connectivity index (χ1v) is 7.39. The van der Waals surface area contributed by atoms with E-state index >= 15 is 0 Å². The Kier molecular flexibility index (Phi) is 4.51. The molecule has 3 nitrogen and oxygen atoms in total. The standard InChI is InChI=1S/C13H19BrClN3/c1-13(3-5-18(2)6-4-13)9-17-12-11(15)7-10(14)8-16-12/h7-8H,3-6,9H2,1-2H3,(H,16,17). The zero-order valence-corrected chi connectivity index (χ0v) is 13.2. The second-order valence-corrected chi connectivity index (χ2v) is 6.77. The van der Waals surface area contributed by atoms with Crippen molar-refractivity contribution in [3.63, 3.8) is 0 Å². The molecule has 2 rings (SSSR count). The largest absolute Gasteiger partial charge is 0.368 e. The van der Waals surface area contributed by atoms with Gasteiger partial charge in [0.15, 0.2) is 0 Å². The molecule has 18 heavy (non-hydrogen) atoms. The van der Waals surface area contributed by atoms with Crippen LogP contribution in [0.15, 0.2) is 16.7 Å². The van der Waals surface area contributed by atoms with Gasteiger partial charge in [-0.15, -0.1) is 0 Å². The van der Waals surface area contributed by atoms with Crippen molar-refractivity contribution in [3.8, 4) is 0 Å². The van der Waals surface area contributed by atoms with Crippen LogP contribution < -0.4 is 5.32 Å². The number of anilines is 1. The molecule has 1 aromatic heterocycles. The summed E-state index contributed by atoms with van der Waals surface area (Å²) in [5.74, 6) is 0.778. The molecule has 1 saturated heterocycles. The van der Waals surface area contributed by atoms with Crippen LogP contribution in [-0.2, 0) is 0 Å². The van der Waals surface area contributed by atoms with Crippen LogP contribution in [0.3, 0.4) is 0 Å². The molecule has 5 heteroatoms. The Hall–Kier alpha value is -0.320. The quantitative estimate of drug-likeness (QED) is 0.916. The smallest absolute Gasteiger partial charge is 0.144 e. The van der Waals surface area contributed by atoms with E-state index in [0.717, 1.165) is 16.8 Å². The van der Waals surface area contributed by atoms with Crippen LogP contribution in [0.4, 0.5) is 5.82 Å². The molecule has 1 aliphatic rings. The van der Waals surface area contributed by atoms with Gasteiger partial charge in [0.2, 0.25) is 0 Å². The van der Waals surface area contributed by atoms with Crippen molar-refractivity contribution in [2.75, 3.05) is 32.0 Å². The number of hydrogen-bond acceptors (Lipinski definition) is 3. The summed E-state index contributed by atoms with van der Waals surface area (Å²) in [6, 6.07) is 1.87. The molecule has 1 aliphatic heterocycles. The van der Waals surface area contributed by atoms with Crippen molar-refractivity contribution in [1.82, 2.24) is 9.88 Å². The molecule has 0 unspecified atom stereocenters. The minimum Gasteiger partial charge on any atom is -0.368 e. The van der Waals surface area contributed by atoms with Gasteiger partial charge in [-0.3, -0.25) is 0 Å². The van der Waals surface area contributed by atoms with Crippen molar-refractivity contribution in [3.05, 3.63) is 21.8 Å². The third kappa shape index (κ3) is 3.59. The number of halogens is 2. The van der Waals surface area contributed by atoms with Crippen LogP contribution in [0.25, 0.3) is 0 Å². The van der Waals surface area contributed by atoms with Crippen LogP contribution in [0.2, 0.25) is 5.02 Å². The van der Waals surface area contributed by atoms with Gasteiger partial charge in [0.05, 0.1) is 5.02 Å². The second kappa shape index (κ2) is 5.76. The Morgan fingerprint density at radius 2 is 2.17 bits per heavy atom. The first kappa shape index (κ1) is 14.1. The summed E-state index contributed by atoms with van der Waals surface area (Å²) in [4.78, 5) is 6.69. The average molecular weight is 333 g/mol. The lowest BCUT2D eigenvalue weighted by Gasteiger charge is -2.38. The molecular formula is C13H19BrClN3. The molecule has 2 heterocycles. The molecule has 0 atom stereocenters. The van der Waals surface area contributed by atoms with Gasteiger partial charge in [0, 0.05) is 17.2 Å². The molecule has 0 radical (unpaired) electrons. The van der Waals surface area contributed by atoms with Crippen molar-refractivity contribution < 1.29 is 0 Å². The lowest BCUT2D eigenvalue weighted by molar-refractivity contribution is 0.150. The predicted octanol–water partition coefficient (Wildman–Crippen LogP) is 3.64. The highest BCUT2D eigenvalue weighted by atomic mass is 79.9. The number of piperidine rings is 1. The Labute approximate surface area is 122 Å². The van der Waals surface area contributed by atoms with E-state index in [1.165, 1.54) is 25.9 Å². The van der Waals surface area contributed by atoms with Crippen LogP contribution in [0.5, 0.6) is 0 Å². The third-order valence-electron chi connectivity index (χ3n) is 3.68. The number of pyridine rings is 1. The van der Waals surface area contributed by atoms with E-state index in [-0.39, 0.29) is 0 Å². The van der Waals surface area contributed by atoms with Gasteiger partial charge < -0.3 is 10.2 Å². The lowest BCUT2D eigenvalue weighted by atomic mass is 9.80. The van der Waals surface area contributed by atoms with Crippen molar-refractivity contribution in [1.29, 1.82) is 0 Å². The Balaban J connectivity index is 1.94. The minimum atomic E-state index is 0.338. The fraction of sp³-hybridized carbons (Fsp3) is 0.615. The van der Waals surface area contributed by atoms with Crippen LogP contribution in [-0.4, -0.2) is 36.6 Å². The molecule has 0 amide bonds. The molecule has 0 bridgehead atoms. The Morgan fingerprint density at radius 1 is 1.50 bits per heavy atom. The highest BCUT2D eigenvalue weighted by Crippen LogP contribution is 2.31. The number of aromatic nitrogens is 1. The summed E-state index contributed by atoms with van der Waals surface area (Å²) in [6.45, 7) is 5.59. The zero-order valence-electron chi connectivity index (χ0n) is 10.8. The van der Waals surface area contributed by atoms with Crippen molar-refractivity contribution >= 4 is 33.3 Å². The maximum atomic E-state index is 6.15. The molecule has 1 aromatic rings. The van der Waals surface area contributed by atoms with E-state index in [0.29, 0.717) is 10.4 Å². The maximum absolute atomic E-state index is 6.15. The molecule has 0 aromatic carbocycles. The molecule has 100 valence electrons. The molecule has 1 N–H and O–H groups in total. The highest BCUT2D eigenvalue weighted by molar-refractivity contribution is 9.10. The third-order valence-corrected chi connectivity index (χ3v) is 4.41. The lowest BCUT2D eigenvalue weighted by Crippen LogP contribution is -2.40. The Bertz CT molecular complexity index is 417. The molecule has 0 saturated carbocycles. The monoisotopic (exact) mass is 331 g/mol. The summed E-state index contributed by atoms with van der Waals surface area (Å²) in [6.07, 6.45) is 4.19. The number of nitrogens with one attached hydrogen (secondary N) is 1. The fourth-order valence-electron chi connectivity index (χ4n) is 2.18. The molecular weight excluding hydrogens is 314 g/mol. The normalized spacial score (nSPS) is 19.8. The molecule has 0 spiro atoms. The summed E-state index contributed by atoms with van der Waals surface area (Å²) >= 11 is 9.51. The summed E-state index contributed by atoms with van der Waals surface area (Å²) in [5.41, 5.74) is 0.338. The second-order valence-electron chi connectivity index (χ2n) is 5.45. The summed E-state index contributed by atoms with van der Waals surface area (Å²) in [5, 5.41) is 4.05. The fourth-order valence-corrected chi connectivity index (χ4v) is 2.87. The molecule has 1 fully saturated rings. The van der Waals surface area contributed by atoms with Crippen molar-refractivity contribution in [2.45, 2.75) is 19.8 Å². The first-order chi connectivity index (χ1) is 8.48. The van der Waals surface area contributed by atoms with Gasteiger partial charge in [0.25, 0.3) is 0 Å². The predicted molar refractivity (Wildman–Crippen MR) is 80.3 cm³/mol. The van der Waals surface area contributed by atoms with E-state index in [4.69, 9.17) is 11.6 Å². The van der Waals surface area contributed by atoms with Gasteiger partial charge in [-0.2, -0.15) is 0 Å². The van der Waals surface area contributed by atoms with Gasteiger partial charge in [-0.25, -0.2) is 4.98 Å². The first-order valence-electron chi connectivity index (χ1n) is 6.22. The topological polar surface area (TPSA) is 28.2 Å². The van der Waals surface area contributed by atoms with E-state index in [2.05, 4.69) is 45.1 Å². The van der Waals surface area contributed by atoms with Crippen LogP contribution in [0.1, 0.15) is 19.8 Å². The van der Waals surface area contributed by atoms with E-state index in [1.54, 1.807) is 6.20 Å². The molecule has 0 aliphatic carbocycles. The zero-order chi connectivity index (χ0) is 13.2. The Morgan fingerprint density at radius 3 is 2.78 bits per heavy atom. The number of likely N-dealkylation sites (tertiary alicyclic amines) is 1. The van der Waals surface area contributed by atoms with Gasteiger partial charge >= 0.3 is 0 Å². The summed E-state index contributed by atoms with van der Waals surface area (Å²) in [7, 11) is 2.18. The number of rotatable bonds is 3. The average Bonchev–Trinajstić information content (AvgIpc) is 2.32. The van der Waals surface area contributed by atoms with Gasteiger partial charge in [0.1, 0.15) is 5.82 Å². The van der Waals surface area contributed by atoms with Crippen LogP contribution in [0, 0.1) is 5.41 Å². The van der Waals surface area contributed by atoms with Crippen LogP contribution >= 0.6 is 27.5 Å². The van der Waals surface area contributed by atoms with Gasteiger partial charge in [-0.1, -0.05) is 18.5 Å². The minimum absolute atomic E-state index is 0.338. The number of hydrogen-bond donors (Lipinski definition) is 1. The highest BCUT2D eigenvalue weighted by Gasteiger charge is 2.28. The van der Waals surface area contributed by atoms with Crippen molar-refractivity contribution in [2.24, 2.45) is 5.41 Å². The van der Waals surface area contributed by atoms with E-state index in [9.17, 15) is 0 Å². The summed E-state index contributed by atoms with van der Waals surface area (Å²) < 4.78 is 0.906. The van der Waals surface area contributed by atoms with E-state index in [1.807, 2.05) is 6.07 Å². The SMILES string of the molecule is CN1CCC(C)(CNc2ncc(Br)cc2Cl)CC1. The number of nitrogens with zero attached hydrogens (tertiary/aromatic N) is 2.